The highest BCUT2D eigenvalue weighted by Gasteiger charge is 2.12. The molecule has 0 heterocycles. The lowest BCUT2D eigenvalue weighted by Gasteiger charge is -2.14. The third kappa shape index (κ3) is 5.70. The molecule has 3 aromatic carbocycles. The highest BCUT2D eigenvalue weighted by Crippen LogP contribution is 2.18. The molecule has 0 saturated heterocycles. The molecular formula is C25H27N3O2. The molecular weight excluding hydrogens is 374 g/mol. The molecule has 0 aliphatic rings. The quantitative estimate of drug-likeness (QED) is 0.526. The molecule has 0 fully saturated rings. The average molecular weight is 402 g/mol. The van der Waals surface area contributed by atoms with Crippen molar-refractivity contribution in [1.29, 1.82) is 0 Å². The van der Waals surface area contributed by atoms with Crippen molar-refractivity contribution in [2.24, 2.45) is 0 Å². The summed E-state index contributed by atoms with van der Waals surface area (Å²) >= 11 is 0. The number of hydrogen-bond acceptors (Lipinski definition) is 3. The fourth-order valence-corrected chi connectivity index (χ4v) is 3.15. The Morgan fingerprint density at radius 2 is 1.50 bits per heavy atom. The van der Waals surface area contributed by atoms with Gasteiger partial charge < -0.3 is 16.0 Å². The normalized spacial score (nSPS) is 10.3. The van der Waals surface area contributed by atoms with Gasteiger partial charge in [-0.25, -0.2) is 0 Å². The SMILES string of the molecule is Cc1cccc(NC(=O)CNc2ccccc2C(=O)NCCc2ccccc2)c1C. The van der Waals surface area contributed by atoms with Crippen molar-refractivity contribution in [3.05, 3.63) is 95.1 Å². The van der Waals surface area contributed by atoms with Gasteiger partial charge in [0, 0.05) is 17.9 Å². The maximum Gasteiger partial charge on any atom is 0.253 e. The maximum atomic E-state index is 12.6. The van der Waals surface area contributed by atoms with Crippen LogP contribution in [0, 0.1) is 13.8 Å². The Kier molecular flexibility index (Phi) is 7.22. The van der Waals surface area contributed by atoms with Crippen LogP contribution in [0.4, 0.5) is 11.4 Å². The lowest BCUT2D eigenvalue weighted by molar-refractivity contribution is -0.114. The fourth-order valence-electron chi connectivity index (χ4n) is 3.15. The number of anilines is 2. The van der Waals surface area contributed by atoms with E-state index in [2.05, 4.69) is 16.0 Å². The van der Waals surface area contributed by atoms with Crippen LogP contribution in [-0.4, -0.2) is 24.9 Å². The van der Waals surface area contributed by atoms with Gasteiger partial charge in [-0.3, -0.25) is 9.59 Å². The van der Waals surface area contributed by atoms with Gasteiger partial charge in [-0.1, -0.05) is 54.6 Å². The van der Waals surface area contributed by atoms with E-state index in [0.717, 1.165) is 23.2 Å². The second-order valence-corrected chi connectivity index (χ2v) is 7.19. The summed E-state index contributed by atoms with van der Waals surface area (Å²) in [6, 6.07) is 23.0. The number of nitrogens with one attached hydrogen (secondary N) is 3. The number of amides is 2. The first-order valence-corrected chi connectivity index (χ1v) is 10.1. The first-order valence-electron chi connectivity index (χ1n) is 10.1. The van der Waals surface area contributed by atoms with Crippen LogP contribution in [0.1, 0.15) is 27.0 Å². The lowest BCUT2D eigenvalue weighted by atomic mass is 10.1. The van der Waals surface area contributed by atoms with Gasteiger partial charge in [-0.15, -0.1) is 0 Å². The summed E-state index contributed by atoms with van der Waals surface area (Å²) in [4.78, 5) is 25.0. The Labute approximate surface area is 177 Å². The van der Waals surface area contributed by atoms with E-state index in [0.29, 0.717) is 17.8 Å². The molecule has 3 N–H and O–H groups in total. The zero-order chi connectivity index (χ0) is 21.3. The van der Waals surface area contributed by atoms with Gasteiger partial charge in [0.05, 0.1) is 12.1 Å². The molecule has 2 amide bonds. The Morgan fingerprint density at radius 1 is 0.800 bits per heavy atom. The fraction of sp³-hybridized carbons (Fsp3) is 0.200. The summed E-state index contributed by atoms with van der Waals surface area (Å²) in [5.41, 5.74) is 5.29. The predicted octanol–water partition coefficient (Wildman–Crippen LogP) is 4.33. The van der Waals surface area contributed by atoms with E-state index in [-0.39, 0.29) is 18.4 Å². The molecule has 0 bridgehead atoms. The van der Waals surface area contributed by atoms with E-state index in [1.54, 1.807) is 12.1 Å². The second kappa shape index (κ2) is 10.3. The number of carbonyl (C=O) groups excluding carboxylic acids is 2. The summed E-state index contributed by atoms with van der Waals surface area (Å²) in [6.07, 6.45) is 0.764. The molecule has 0 atom stereocenters. The third-order valence-corrected chi connectivity index (χ3v) is 5.03. The molecule has 154 valence electrons. The summed E-state index contributed by atoms with van der Waals surface area (Å²) in [6.45, 7) is 4.61. The standard InChI is InChI=1S/C25H27N3O2/c1-18-9-8-14-22(19(18)2)28-24(29)17-27-23-13-7-6-12-21(23)25(30)26-16-15-20-10-4-3-5-11-20/h3-14,27H,15-17H2,1-2H3,(H,26,30)(H,28,29). The maximum absolute atomic E-state index is 12.6. The first-order chi connectivity index (χ1) is 14.5. The van der Waals surface area contributed by atoms with Crippen LogP contribution in [0.5, 0.6) is 0 Å². The highest BCUT2D eigenvalue weighted by atomic mass is 16.2. The van der Waals surface area contributed by atoms with Crippen molar-refractivity contribution >= 4 is 23.2 Å². The molecule has 0 aromatic heterocycles. The van der Waals surface area contributed by atoms with E-state index in [9.17, 15) is 9.59 Å². The van der Waals surface area contributed by atoms with Gasteiger partial charge in [0.15, 0.2) is 0 Å². The first kappa shape index (κ1) is 21.1. The molecule has 30 heavy (non-hydrogen) atoms. The summed E-state index contributed by atoms with van der Waals surface area (Å²) in [5, 5.41) is 8.95. The van der Waals surface area contributed by atoms with Crippen molar-refractivity contribution < 1.29 is 9.59 Å². The van der Waals surface area contributed by atoms with Crippen LogP contribution in [0.3, 0.4) is 0 Å². The topological polar surface area (TPSA) is 70.2 Å². The van der Waals surface area contributed by atoms with E-state index < -0.39 is 0 Å². The zero-order valence-corrected chi connectivity index (χ0v) is 17.4. The molecule has 3 aromatic rings. The number of aryl methyl sites for hydroxylation is 1. The largest absolute Gasteiger partial charge is 0.376 e. The van der Waals surface area contributed by atoms with E-state index in [4.69, 9.17) is 0 Å². The molecule has 0 radical (unpaired) electrons. The number of carbonyl (C=O) groups is 2. The van der Waals surface area contributed by atoms with E-state index in [1.165, 1.54) is 5.56 Å². The second-order valence-electron chi connectivity index (χ2n) is 7.19. The van der Waals surface area contributed by atoms with Crippen LogP contribution in [0.25, 0.3) is 0 Å². The van der Waals surface area contributed by atoms with Gasteiger partial charge in [-0.05, 0) is 55.2 Å². The molecule has 3 rings (SSSR count). The molecule has 0 saturated carbocycles. The average Bonchev–Trinajstić information content (AvgIpc) is 2.76. The molecule has 0 spiro atoms. The minimum atomic E-state index is -0.164. The summed E-state index contributed by atoms with van der Waals surface area (Å²) < 4.78 is 0. The predicted molar refractivity (Wildman–Crippen MR) is 122 cm³/mol. The van der Waals surface area contributed by atoms with Gasteiger partial charge in [-0.2, -0.15) is 0 Å². The Bertz CT molecular complexity index is 1020. The van der Waals surface area contributed by atoms with Crippen LogP contribution in [0.2, 0.25) is 0 Å². The number of benzene rings is 3. The Balaban J connectivity index is 1.56. The van der Waals surface area contributed by atoms with Crippen LogP contribution < -0.4 is 16.0 Å². The molecule has 5 heteroatoms. The van der Waals surface area contributed by atoms with Crippen molar-refractivity contribution in [2.45, 2.75) is 20.3 Å². The molecule has 5 nitrogen and oxygen atoms in total. The minimum absolute atomic E-state index is 0.0711. The minimum Gasteiger partial charge on any atom is -0.376 e. The lowest BCUT2D eigenvalue weighted by Crippen LogP contribution is -2.28. The molecule has 0 unspecified atom stereocenters. The van der Waals surface area contributed by atoms with Crippen LogP contribution in [0.15, 0.2) is 72.8 Å². The van der Waals surface area contributed by atoms with Crippen LogP contribution in [-0.2, 0) is 11.2 Å². The van der Waals surface area contributed by atoms with Crippen molar-refractivity contribution in [1.82, 2.24) is 5.32 Å². The number of rotatable bonds is 8. The summed E-state index contributed by atoms with van der Waals surface area (Å²) in [7, 11) is 0. The molecule has 0 aliphatic carbocycles. The van der Waals surface area contributed by atoms with Gasteiger partial charge in [0.2, 0.25) is 5.91 Å². The van der Waals surface area contributed by atoms with Gasteiger partial charge in [0.25, 0.3) is 5.91 Å². The number of hydrogen-bond donors (Lipinski definition) is 3. The van der Waals surface area contributed by atoms with Crippen LogP contribution >= 0.6 is 0 Å². The monoisotopic (exact) mass is 401 g/mol. The smallest absolute Gasteiger partial charge is 0.253 e. The van der Waals surface area contributed by atoms with Crippen molar-refractivity contribution in [3.8, 4) is 0 Å². The molecule has 0 aliphatic heterocycles. The zero-order valence-electron chi connectivity index (χ0n) is 17.4. The Morgan fingerprint density at radius 3 is 2.30 bits per heavy atom. The van der Waals surface area contributed by atoms with Crippen molar-refractivity contribution in [2.75, 3.05) is 23.7 Å². The van der Waals surface area contributed by atoms with E-state index in [1.807, 2.05) is 74.5 Å². The Hall–Kier alpha value is -3.60. The van der Waals surface area contributed by atoms with Crippen molar-refractivity contribution in [3.63, 3.8) is 0 Å². The van der Waals surface area contributed by atoms with E-state index >= 15 is 0 Å². The number of para-hydroxylation sites is 1. The highest BCUT2D eigenvalue weighted by molar-refractivity contribution is 6.01. The summed E-state index contributed by atoms with van der Waals surface area (Å²) in [5.74, 6) is -0.327. The third-order valence-electron chi connectivity index (χ3n) is 5.03. The van der Waals surface area contributed by atoms with Gasteiger partial charge >= 0.3 is 0 Å². The van der Waals surface area contributed by atoms with Gasteiger partial charge in [0.1, 0.15) is 0 Å².